The van der Waals surface area contributed by atoms with E-state index in [1.807, 2.05) is 41.3 Å². The average Bonchev–Trinajstić information content (AvgIpc) is 3.22. The number of fused-ring (bicyclic) bond motifs is 3. The molecule has 1 aromatic heterocycles. The molecular formula is C21H19Br2N3O2. The number of aromatic amines is 1. The van der Waals surface area contributed by atoms with Crippen LogP contribution in [0.3, 0.4) is 0 Å². The van der Waals surface area contributed by atoms with Gasteiger partial charge in [-0.05, 0) is 60.9 Å². The summed E-state index contributed by atoms with van der Waals surface area (Å²) in [5.41, 5.74) is 3.25. The van der Waals surface area contributed by atoms with E-state index in [2.05, 4.69) is 48.2 Å². The number of aliphatic hydroxyl groups excluding tert-OH is 1. The number of aromatic nitrogens is 1. The van der Waals surface area contributed by atoms with E-state index in [0.29, 0.717) is 25.9 Å². The number of aliphatic hydroxyl groups is 1. The minimum atomic E-state index is -0.713. The lowest BCUT2D eigenvalue weighted by Gasteiger charge is -2.39. The summed E-state index contributed by atoms with van der Waals surface area (Å²) in [5.74, 6) is 0.0743. The molecule has 28 heavy (non-hydrogen) atoms. The van der Waals surface area contributed by atoms with Crippen molar-refractivity contribution in [2.24, 2.45) is 0 Å². The number of anilines is 1. The number of halogens is 2. The van der Waals surface area contributed by atoms with Crippen LogP contribution in [0.25, 0.3) is 10.9 Å². The lowest BCUT2D eigenvalue weighted by atomic mass is 9.73. The lowest BCUT2D eigenvalue weighted by molar-refractivity contribution is -0.124. The minimum Gasteiger partial charge on any atom is -0.373 e. The van der Waals surface area contributed by atoms with Crippen molar-refractivity contribution in [3.63, 3.8) is 0 Å². The topological polar surface area (TPSA) is 68.4 Å². The molecule has 5 rings (SSSR count). The predicted octanol–water partition coefficient (Wildman–Crippen LogP) is 4.67. The van der Waals surface area contributed by atoms with Crippen molar-refractivity contribution < 1.29 is 9.90 Å². The molecule has 3 N–H and O–H groups in total. The Morgan fingerprint density at radius 3 is 2.54 bits per heavy atom. The smallest absolute Gasteiger partial charge is 0.235 e. The van der Waals surface area contributed by atoms with Crippen LogP contribution >= 0.6 is 31.9 Å². The summed E-state index contributed by atoms with van der Waals surface area (Å²) in [5, 5.41) is 15.0. The second-order valence-electron chi connectivity index (χ2n) is 7.59. The summed E-state index contributed by atoms with van der Waals surface area (Å²) in [4.78, 5) is 18.1. The number of likely N-dealkylation sites (tertiary alicyclic amines) is 1. The Balaban J connectivity index is 1.38. The molecule has 3 heterocycles. The zero-order valence-electron chi connectivity index (χ0n) is 15.0. The van der Waals surface area contributed by atoms with Crippen molar-refractivity contribution in [3.05, 3.63) is 62.7 Å². The summed E-state index contributed by atoms with van der Waals surface area (Å²) in [7, 11) is 0. The van der Waals surface area contributed by atoms with Gasteiger partial charge in [0, 0.05) is 38.6 Å². The molecule has 1 spiro atoms. The molecule has 0 radical (unpaired) electrons. The van der Waals surface area contributed by atoms with E-state index < -0.39 is 11.6 Å². The number of rotatable bonds is 2. The highest BCUT2D eigenvalue weighted by atomic mass is 79.9. The quantitative estimate of drug-likeness (QED) is 0.475. The third-order valence-corrected chi connectivity index (χ3v) is 7.05. The predicted molar refractivity (Wildman–Crippen MR) is 116 cm³/mol. The van der Waals surface area contributed by atoms with Crippen LogP contribution in [0.5, 0.6) is 0 Å². The van der Waals surface area contributed by atoms with Crippen LogP contribution in [0, 0.1) is 0 Å². The number of carbonyl (C=O) groups is 1. The molecule has 1 saturated heterocycles. The molecule has 2 aliphatic rings. The van der Waals surface area contributed by atoms with Gasteiger partial charge in [-0.25, -0.2) is 0 Å². The fourth-order valence-electron chi connectivity index (χ4n) is 4.49. The van der Waals surface area contributed by atoms with Gasteiger partial charge in [0.1, 0.15) is 6.23 Å². The number of nitrogens with one attached hydrogen (secondary N) is 2. The van der Waals surface area contributed by atoms with E-state index >= 15 is 0 Å². The number of H-pyrrole nitrogens is 1. The fraction of sp³-hybridized carbons (Fsp3) is 0.286. The maximum Gasteiger partial charge on any atom is 0.235 e. The third kappa shape index (κ3) is 2.84. The lowest BCUT2D eigenvalue weighted by Crippen LogP contribution is -2.47. The molecule has 144 valence electrons. The molecule has 1 amide bonds. The van der Waals surface area contributed by atoms with Crippen LogP contribution in [-0.4, -0.2) is 34.0 Å². The first-order valence-electron chi connectivity index (χ1n) is 9.28. The van der Waals surface area contributed by atoms with Crippen molar-refractivity contribution in [2.75, 3.05) is 18.4 Å². The van der Waals surface area contributed by atoms with Gasteiger partial charge in [0.2, 0.25) is 5.91 Å². The molecule has 0 bridgehead atoms. The zero-order chi connectivity index (χ0) is 19.5. The first-order chi connectivity index (χ1) is 13.5. The van der Waals surface area contributed by atoms with Crippen LogP contribution < -0.4 is 5.32 Å². The summed E-state index contributed by atoms with van der Waals surface area (Å²) in [6.07, 6.45) is 0.658. The van der Waals surface area contributed by atoms with Gasteiger partial charge in [-0.1, -0.05) is 31.9 Å². The number of piperidine rings is 1. The second-order valence-corrected chi connectivity index (χ2v) is 9.42. The molecule has 0 saturated carbocycles. The molecule has 0 aliphatic carbocycles. The standard InChI is InChI=1S/C21H19Br2N3O2/c22-13-1-3-16-12(9-13)10-18(24-16)19(27)26-7-5-21(6-8-26)15-11-14(23)2-4-17(15)25-20(21)28/h1-4,9-11,19,24,27H,5-8H2,(H,25,28). The highest BCUT2D eigenvalue weighted by Crippen LogP contribution is 2.46. The normalized spacial score (nSPS) is 19.8. The Hall–Kier alpha value is -1.67. The SMILES string of the molecule is O=C1Nc2ccc(Br)cc2C12CCN(C(O)c1cc3cc(Br)ccc3[nH]1)CC2. The molecule has 2 aliphatic heterocycles. The van der Waals surface area contributed by atoms with E-state index in [1.165, 1.54) is 0 Å². The second kappa shape index (κ2) is 6.69. The maximum atomic E-state index is 12.8. The van der Waals surface area contributed by atoms with E-state index in [1.54, 1.807) is 0 Å². The van der Waals surface area contributed by atoms with Crippen molar-refractivity contribution in [1.82, 2.24) is 9.88 Å². The number of carbonyl (C=O) groups excluding carboxylic acids is 1. The highest BCUT2D eigenvalue weighted by molar-refractivity contribution is 9.10. The van der Waals surface area contributed by atoms with Crippen LogP contribution in [0.15, 0.2) is 51.4 Å². The van der Waals surface area contributed by atoms with Gasteiger partial charge < -0.3 is 15.4 Å². The molecular weight excluding hydrogens is 486 g/mol. The molecule has 1 atom stereocenters. The van der Waals surface area contributed by atoms with Gasteiger partial charge in [0.15, 0.2) is 0 Å². The first-order valence-corrected chi connectivity index (χ1v) is 10.9. The van der Waals surface area contributed by atoms with Crippen LogP contribution in [-0.2, 0) is 10.2 Å². The summed E-state index contributed by atoms with van der Waals surface area (Å²) >= 11 is 7.01. The summed E-state index contributed by atoms with van der Waals surface area (Å²) < 4.78 is 1.99. The van der Waals surface area contributed by atoms with Crippen molar-refractivity contribution >= 4 is 54.4 Å². The summed E-state index contributed by atoms with van der Waals surface area (Å²) in [6, 6.07) is 14.0. The van der Waals surface area contributed by atoms with Gasteiger partial charge >= 0.3 is 0 Å². The Bertz CT molecular complexity index is 1090. The zero-order valence-corrected chi connectivity index (χ0v) is 18.2. The molecule has 5 nitrogen and oxygen atoms in total. The van der Waals surface area contributed by atoms with Crippen molar-refractivity contribution in [1.29, 1.82) is 0 Å². The number of benzene rings is 2. The Labute approximate surface area is 179 Å². The van der Waals surface area contributed by atoms with Crippen LogP contribution in [0.1, 0.15) is 30.3 Å². The van der Waals surface area contributed by atoms with Gasteiger partial charge in [0.05, 0.1) is 11.1 Å². The first kappa shape index (κ1) is 18.4. The van der Waals surface area contributed by atoms with E-state index in [0.717, 1.165) is 36.8 Å². The largest absolute Gasteiger partial charge is 0.373 e. The minimum absolute atomic E-state index is 0.0743. The average molecular weight is 505 g/mol. The van der Waals surface area contributed by atoms with E-state index in [9.17, 15) is 9.90 Å². The Morgan fingerprint density at radius 1 is 1.04 bits per heavy atom. The number of amides is 1. The number of hydrogen-bond donors (Lipinski definition) is 3. The van der Waals surface area contributed by atoms with Gasteiger partial charge in [-0.2, -0.15) is 0 Å². The van der Waals surface area contributed by atoms with Gasteiger partial charge in [-0.3, -0.25) is 9.69 Å². The Kier molecular flexibility index (Phi) is 4.39. The Morgan fingerprint density at radius 2 is 1.75 bits per heavy atom. The van der Waals surface area contributed by atoms with E-state index in [-0.39, 0.29) is 5.91 Å². The highest BCUT2D eigenvalue weighted by Gasteiger charge is 2.49. The van der Waals surface area contributed by atoms with Crippen LogP contribution in [0.4, 0.5) is 5.69 Å². The van der Waals surface area contributed by atoms with Crippen molar-refractivity contribution in [3.8, 4) is 0 Å². The number of hydrogen-bond acceptors (Lipinski definition) is 3. The molecule has 2 aromatic carbocycles. The maximum absolute atomic E-state index is 12.8. The summed E-state index contributed by atoms with van der Waals surface area (Å²) in [6.45, 7) is 1.30. The molecule has 3 aromatic rings. The molecule has 7 heteroatoms. The van der Waals surface area contributed by atoms with E-state index in [4.69, 9.17) is 0 Å². The van der Waals surface area contributed by atoms with Crippen molar-refractivity contribution in [2.45, 2.75) is 24.5 Å². The fourth-order valence-corrected chi connectivity index (χ4v) is 5.23. The molecule has 1 fully saturated rings. The number of nitrogens with zero attached hydrogens (tertiary/aromatic N) is 1. The molecule has 1 unspecified atom stereocenters. The van der Waals surface area contributed by atoms with Gasteiger partial charge in [0.25, 0.3) is 0 Å². The van der Waals surface area contributed by atoms with Crippen LogP contribution in [0.2, 0.25) is 0 Å². The third-order valence-electron chi connectivity index (χ3n) is 6.06. The van der Waals surface area contributed by atoms with Gasteiger partial charge in [-0.15, -0.1) is 0 Å². The monoisotopic (exact) mass is 503 g/mol.